The van der Waals surface area contributed by atoms with Crippen molar-refractivity contribution in [1.29, 1.82) is 0 Å². The Morgan fingerprint density at radius 3 is 2.48 bits per heavy atom. The number of nitrogens with one attached hydrogen (secondary N) is 1. The van der Waals surface area contributed by atoms with Crippen molar-refractivity contribution in [3.63, 3.8) is 0 Å². The molecule has 5 heteroatoms. The van der Waals surface area contributed by atoms with E-state index in [-0.39, 0.29) is 12.0 Å². The van der Waals surface area contributed by atoms with Gasteiger partial charge in [-0.05, 0) is 37.5 Å². The van der Waals surface area contributed by atoms with Crippen LogP contribution < -0.4 is 5.32 Å². The van der Waals surface area contributed by atoms with Gasteiger partial charge in [0.2, 0.25) is 0 Å². The maximum Gasteiger partial charge on any atom is 0.175 e. The molecule has 4 nitrogen and oxygen atoms in total. The summed E-state index contributed by atoms with van der Waals surface area (Å²) < 4.78 is 23.3. The Balaban J connectivity index is 2.15. The van der Waals surface area contributed by atoms with Crippen molar-refractivity contribution < 1.29 is 13.5 Å². The standard InChI is InChI=1S/C16H25NO3S/c1-13-6-7-14(21(2,19)20)10-15(13)17-11-16(12-18)8-4-3-5-9-16/h6-7,10,17-18H,3-5,8-9,11-12H2,1-2H3. The van der Waals surface area contributed by atoms with Crippen LogP contribution in [0.4, 0.5) is 5.69 Å². The summed E-state index contributed by atoms with van der Waals surface area (Å²) in [5, 5.41) is 13.1. The number of rotatable bonds is 5. The van der Waals surface area contributed by atoms with Crippen molar-refractivity contribution in [1.82, 2.24) is 0 Å². The number of sulfone groups is 1. The van der Waals surface area contributed by atoms with Crippen molar-refractivity contribution in [2.24, 2.45) is 5.41 Å². The van der Waals surface area contributed by atoms with E-state index < -0.39 is 9.84 Å². The fourth-order valence-electron chi connectivity index (χ4n) is 3.00. The number of anilines is 1. The Bertz CT molecular complexity index is 590. The minimum absolute atomic E-state index is 0.0637. The van der Waals surface area contributed by atoms with E-state index in [0.717, 1.165) is 36.9 Å². The molecule has 1 saturated carbocycles. The minimum atomic E-state index is -3.20. The fraction of sp³-hybridized carbons (Fsp3) is 0.625. The Morgan fingerprint density at radius 1 is 1.24 bits per heavy atom. The second kappa shape index (κ2) is 6.36. The van der Waals surface area contributed by atoms with Crippen LogP contribution >= 0.6 is 0 Å². The minimum Gasteiger partial charge on any atom is -0.396 e. The van der Waals surface area contributed by atoms with Crippen molar-refractivity contribution in [2.75, 3.05) is 24.7 Å². The molecular weight excluding hydrogens is 286 g/mol. The summed E-state index contributed by atoms with van der Waals surface area (Å²) in [6.07, 6.45) is 6.83. The van der Waals surface area contributed by atoms with Crippen LogP contribution in [0.5, 0.6) is 0 Å². The molecule has 2 N–H and O–H groups in total. The summed E-state index contributed by atoms with van der Waals surface area (Å²) in [6.45, 7) is 2.84. The maximum atomic E-state index is 11.7. The Morgan fingerprint density at radius 2 is 1.90 bits per heavy atom. The van der Waals surface area contributed by atoms with E-state index >= 15 is 0 Å². The summed E-state index contributed by atoms with van der Waals surface area (Å²) >= 11 is 0. The molecule has 0 saturated heterocycles. The molecule has 0 heterocycles. The monoisotopic (exact) mass is 311 g/mol. The SMILES string of the molecule is Cc1ccc(S(C)(=O)=O)cc1NCC1(CO)CCCCC1. The maximum absolute atomic E-state index is 11.7. The summed E-state index contributed by atoms with van der Waals surface area (Å²) in [7, 11) is -3.20. The second-order valence-electron chi connectivity index (χ2n) is 6.32. The molecule has 1 aliphatic rings. The van der Waals surface area contributed by atoms with Gasteiger partial charge in [-0.25, -0.2) is 8.42 Å². The predicted octanol–water partition coefficient (Wildman–Crippen LogP) is 2.75. The van der Waals surface area contributed by atoms with Crippen LogP contribution in [0, 0.1) is 12.3 Å². The van der Waals surface area contributed by atoms with E-state index in [1.165, 1.54) is 12.7 Å². The third-order valence-electron chi connectivity index (χ3n) is 4.54. The zero-order chi connectivity index (χ0) is 15.5. The van der Waals surface area contributed by atoms with Crippen LogP contribution in [-0.4, -0.2) is 32.9 Å². The first-order chi connectivity index (χ1) is 9.86. The molecule has 1 aromatic carbocycles. The van der Waals surface area contributed by atoms with Gasteiger partial charge < -0.3 is 10.4 Å². The van der Waals surface area contributed by atoms with E-state index in [9.17, 15) is 13.5 Å². The molecule has 21 heavy (non-hydrogen) atoms. The molecule has 0 unspecified atom stereocenters. The lowest BCUT2D eigenvalue weighted by Crippen LogP contribution is -2.35. The molecule has 0 atom stereocenters. The molecular formula is C16H25NO3S. The number of benzene rings is 1. The van der Waals surface area contributed by atoms with Crippen LogP contribution in [0.3, 0.4) is 0 Å². The first-order valence-corrected chi connectivity index (χ1v) is 9.41. The molecule has 0 spiro atoms. The number of hydrogen-bond acceptors (Lipinski definition) is 4. The topological polar surface area (TPSA) is 66.4 Å². The third-order valence-corrected chi connectivity index (χ3v) is 5.65. The van der Waals surface area contributed by atoms with E-state index in [2.05, 4.69) is 5.32 Å². The van der Waals surface area contributed by atoms with E-state index in [1.807, 2.05) is 13.0 Å². The summed E-state index contributed by atoms with van der Waals surface area (Å²) in [6, 6.07) is 5.15. The molecule has 2 rings (SSSR count). The molecule has 1 fully saturated rings. The number of aliphatic hydroxyl groups excluding tert-OH is 1. The lowest BCUT2D eigenvalue weighted by Gasteiger charge is -2.36. The molecule has 0 radical (unpaired) electrons. The van der Waals surface area contributed by atoms with Gasteiger partial charge >= 0.3 is 0 Å². The lowest BCUT2D eigenvalue weighted by atomic mass is 9.74. The average molecular weight is 311 g/mol. The molecule has 0 aliphatic heterocycles. The first kappa shape index (κ1) is 16.3. The normalized spacial score (nSPS) is 18.4. The van der Waals surface area contributed by atoms with Crippen molar-refractivity contribution in [3.05, 3.63) is 23.8 Å². The Hall–Kier alpha value is -1.07. The number of hydrogen-bond donors (Lipinski definition) is 2. The summed E-state index contributed by atoms with van der Waals surface area (Å²) in [5.41, 5.74) is 1.80. The average Bonchev–Trinajstić information content (AvgIpc) is 2.46. The number of aryl methyl sites for hydroxylation is 1. The third kappa shape index (κ3) is 3.98. The molecule has 0 amide bonds. The van der Waals surface area contributed by atoms with Crippen molar-refractivity contribution in [3.8, 4) is 0 Å². The van der Waals surface area contributed by atoms with Crippen LogP contribution in [0.1, 0.15) is 37.7 Å². The fourth-order valence-corrected chi connectivity index (χ4v) is 3.64. The van der Waals surface area contributed by atoms with Gasteiger partial charge in [0.05, 0.1) is 11.5 Å². The smallest absolute Gasteiger partial charge is 0.175 e. The van der Waals surface area contributed by atoms with Gasteiger partial charge in [-0.1, -0.05) is 25.3 Å². The van der Waals surface area contributed by atoms with Gasteiger partial charge in [0.1, 0.15) is 0 Å². The quantitative estimate of drug-likeness (QED) is 0.877. The van der Waals surface area contributed by atoms with E-state index in [4.69, 9.17) is 0 Å². The van der Waals surface area contributed by atoms with Gasteiger partial charge in [0.25, 0.3) is 0 Å². The highest BCUT2D eigenvalue weighted by Gasteiger charge is 2.31. The number of aliphatic hydroxyl groups is 1. The second-order valence-corrected chi connectivity index (χ2v) is 8.34. The molecule has 118 valence electrons. The summed E-state index contributed by atoms with van der Waals surface area (Å²) in [5.74, 6) is 0. The van der Waals surface area contributed by atoms with Gasteiger partial charge in [0, 0.05) is 23.9 Å². The highest BCUT2D eigenvalue weighted by molar-refractivity contribution is 7.90. The van der Waals surface area contributed by atoms with Crippen LogP contribution in [-0.2, 0) is 9.84 Å². The Kier molecular flexibility index (Phi) is 4.94. The van der Waals surface area contributed by atoms with Gasteiger partial charge in [0.15, 0.2) is 9.84 Å². The lowest BCUT2D eigenvalue weighted by molar-refractivity contribution is 0.0944. The first-order valence-electron chi connectivity index (χ1n) is 7.52. The van der Waals surface area contributed by atoms with Gasteiger partial charge in [-0.3, -0.25) is 0 Å². The zero-order valence-corrected chi connectivity index (χ0v) is 13.7. The highest BCUT2D eigenvalue weighted by atomic mass is 32.2. The largest absolute Gasteiger partial charge is 0.396 e. The van der Waals surface area contributed by atoms with Crippen LogP contribution in [0.2, 0.25) is 0 Å². The molecule has 1 aromatic rings. The highest BCUT2D eigenvalue weighted by Crippen LogP contribution is 2.36. The molecule has 0 bridgehead atoms. The van der Waals surface area contributed by atoms with Crippen molar-refractivity contribution in [2.45, 2.75) is 43.9 Å². The van der Waals surface area contributed by atoms with Crippen molar-refractivity contribution >= 4 is 15.5 Å². The van der Waals surface area contributed by atoms with Crippen LogP contribution in [0.25, 0.3) is 0 Å². The van der Waals surface area contributed by atoms with E-state index in [1.54, 1.807) is 12.1 Å². The molecule has 1 aliphatic carbocycles. The van der Waals surface area contributed by atoms with Gasteiger partial charge in [-0.2, -0.15) is 0 Å². The van der Waals surface area contributed by atoms with Crippen LogP contribution in [0.15, 0.2) is 23.1 Å². The molecule has 0 aromatic heterocycles. The van der Waals surface area contributed by atoms with Gasteiger partial charge in [-0.15, -0.1) is 0 Å². The zero-order valence-electron chi connectivity index (χ0n) is 12.9. The summed E-state index contributed by atoms with van der Waals surface area (Å²) in [4.78, 5) is 0.331. The van der Waals surface area contributed by atoms with E-state index in [0.29, 0.717) is 11.4 Å². The predicted molar refractivity (Wildman–Crippen MR) is 85.4 cm³/mol. The Labute approximate surface area is 127 Å².